The second kappa shape index (κ2) is 10.4. The number of rotatable bonds is 10. The van der Waals surface area contributed by atoms with E-state index in [2.05, 4.69) is 67.5 Å². The van der Waals surface area contributed by atoms with Gasteiger partial charge in [-0.2, -0.15) is 0 Å². The molecule has 188 valence electrons. The van der Waals surface area contributed by atoms with Crippen LogP contribution in [0, 0.1) is 0 Å². The fourth-order valence-corrected chi connectivity index (χ4v) is 13.7. The Morgan fingerprint density at radius 2 is 1.30 bits per heavy atom. The van der Waals surface area contributed by atoms with Crippen molar-refractivity contribution in [3.63, 3.8) is 0 Å². The molecule has 2 rings (SSSR count). The van der Waals surface area contributed by atoms with Crippen molar-refractivity contribution in [2.45, 2.75) is 97.7 Å². The van der Waals surface area contributed by atoms with Gasteiger partial charge in [-0.3, -0.25) is 0 Å². The molecule has 1 aliphatic rings. The van der Waals surface area contributed by atoms with E-state index in [1.54, 1.807) is 0 Å². The van der Waals surface area contributed by atoms with Crippen LogP contribution in [0.3, 0.4) is 0 Å². The first-order valence-electron chi connectivity index (χ1n) is 12.5. The fourth-order valence-electron chi connectivity index (χ4n) is 5.87. The van der Waals surface area contributed by atoms with Crippen LogP contribution in [0.25, 0.3) is 0 Å². The third kappa shape index (κ3) is 4.48. The van der Waals surface area contributed by atoms with Gasteiger partial charge in [0.2, 0.25) is 0 Å². The van der Waals surface area contributed by atoms with Crippen LogP contribution in [0.5, 0.6) is 0 Å². The molecule has 0 N–H and O–H groups in total. The molecule has 2 atom stereocenters. The third-order valence-electron chi connectivity index (χ3n) is 7.25. The molecule has 0 saturated carbocycles. The standard InChI is InChI=1S/C27H45O5P/c1-11-13-33(14-12-2,25(27(29)31-10)23(32-33)26(28)30-9)24-21(18(5)6)15-20(17(3)4)16-22(24)19(7)8/h15-19,23,25H,11-14H2,1-10H3. The molecule has 0 amide bonds. The number of carbonyl (C=O) groups is 2. The average molecular weight is 481 g/mol. The zero-order valence-electron chi connectivity index (χ0n) is 22.4. The molecule has 0 aliphatic carbocycles. The Bertz CT molecular complexity index is 838. The van der Waals surface area contributed by atoms with Crippen LogP contribution in [0.2, 0.25) is 0 Å². The van der Waals surface area contributed by atoms with Crippen molar-refractivity contribution in [1.82, 2.24) is 0 Å². The average Bonchev–Trinajstić information content (AvgIpc) is 2.75. The van der Waals surface area contributed by atoms with Crippen LogP contribution in [0.15, 0.2) is 12.1 Å². The van der Waals surface area contributed by atoms with Crippen molar-refractivity contribution < 1.29 is 23.6 Å². The number of carbonyl (C=O) groups excluding carboxylic acids is 2. The summed E-state index contributed by atoms with van der Waals surface area (Å²) in [6.45, 7) is 14.2. The molecule has 1 fully saturated rings. The fraction of sp³-hybridized carbons (Fsp3) is 0.704. The molecule has 0 radical (unpaired) electrons. The van der Waals surface area contributed by atoms with Crippen LogP contribution in [0.1, 0.15) is 103 Å². The van der Waals surface area contributed by atoms with E-state index in [1.807, 2.05) is 0 Å². The minimum absolute atomic E-state index is 0.253. The van der Waals surface area contributed by atoms with E-state index in [9.17, 15) is 9.59 Å². The monoisotopic (exact) mass is 480 g/mol. The molecule has 1 saturated heterocycles. The first-order chi connectivity index (χ1) is 15.4. The summed E-state index contributed by atoms with van der Waals surface area (Å²) in [5.74, 6) is 0.0499. The second-order valence-corrected chi connectivity index (χ2v) is 15.6. The number of methoxy groups -OCH3 is 2. The van der Waals surface area contributed by atoms with Gasteiger partial charge >= 0.3 is 201 Å². The summed E-state index contributed by atoms with van der Waals surface area (Å²) >= 11 is 0. The Hall–Kier alpha value is -1.45. The second-order valence-electron chi connectivity index (χ2n) is 10.5. The summed E-state index contributed by atoms with van der Waals surface area (Å²) in [5, 5.41) is 1.22. The Morgan fingerprint density at radius 1 is 0.848 bits per heavy atom. The van der Waals surface area contributed by atoms with Crippen molar-refractivity contribution in [3.8, 4) is 0 Å². The van der Waals surface area contributed by atoms with Crippen molar-refractivity contribution in [2.75, 3.05) is 26.5 Å². The third-order valence-corrected chi connectivity index (χ3v) is 14.2. The van der Waals surface area contributed by atoms with Gasteiger partial charge < -0.3 is 0 Å². The van der Waals surface area contributed by atoms with Gasteiger partial charge in [0.15, 0.2) is 0 Å². The Kier molecular flexibility index (Phi) is 8.79. The number of ether oxygens (including phenoxy) is 2. The molecular formula is C27H45O5P. The molecule has 2 unspecified atom stereocenters. The van der Waals surface area contributed by atoms with E-state index >= 15 is 0 Å². The minimum atomic E-state index is -3.39. The van der Waals surface area contributed by atoms with E-state index in [1.165, 1.54) is 36.2 Å². The molecule has 33 heavy (non-hydrogen) atoms. The SMILES string of the molecule is CCCP1(CCC)(c2c(C(C)C)cc(C(C)C)cc2C(C)C)OC(C(=O)OC)C1C(=O)OC. The Morgan fingerprint density at radius 3 is 1.64 bits per heavy atom. The normalized spacial score (nSPS) is 22.5. The van der Waals surface area contributed by atoms with E-state index in [4.69, 9.17) is 14.0 Å². The molecule has 1 aromatic carbocycles. The van der Waals surface area contributed by atoms with Crippen molar-refractivity contribution in [3.05, 3.63) is 28.8 Å². The number of esters is 2. The summed E-state index contributed by atoms with van der Waals surface area (Å²) in [5.41, 5.74) is 3.17. The quantitative estimate of drug-likeness (QED) is 0.300. The van der Waals surface area contributed by atoms with Crippen molar-refractivity contribution in [1.29, 1.82) is 0 Å². The first kappa shape index (κ1) is 27.8. The molecular weight excluding hydrogens is 435 g/mol. The zero-order valence-corrected chi connectivity index (χ0v) is 23.3. The van der Waals surface area contributed by atoms with Crippen LogP contribution in [-0.4, -0.2) is 50.2 Å². The molecule has 0 spiro atoms. The van der Waals surface area contributed by atoms with Gasteiger partial charge in [0.1, 0.15) is 0 Å². The predicted octanol–water partition coefficient (Wildman–Crippen LogP) is 6.08. The number of hydrogen-bond acceptors (Lipinski definition) is 5. The maximum atomic E-state index is 13.4. The summed E-state index contributed by atoms with van der Waals surface area (Å²) in [6, 6.07) is 4.64. The van der Waals surface area contributed by atoms with Crippen LogP contribution >= 0.6 is 6.83 Å². The summed E-state index contributed by atoms with van der Waals surface area (Å²) in [6.07, 6.45) is 2.32. The van der Waals surface area contributed by atoms with Crippen LogP contribution < -0.4 is 5.30 Å². The van der Waals surface area contributed by atoms with E-state index in [0.29, 0.717) is 5.92 Å². The first-order valence-corrected chi connectivity index (χ1v) is 15.1. The van der Waals surface area contributed by atoms with Gasteiger partial charge in [0.25, 0.3) is 0 Å². The summed E-state index contributed by atoms with van der Waals surface area (Å²) < 4.78 is 17.3. The molecule has 1 heterocycles. The van der Waals surface area contributed by atoms with E-state index in [0.717, 1.165) is 25.2 Å². The predicted molar refractivity (Wildman–Crippen MR) is 138 cm³/mol. The Balaban J connectivity index is 3.07. The van der Waals surface area contributed by atoms with Crippen molar-refractivity contribution in [2.24, 2.45) is 0 Å². The molecule has 6 heteroatoms. The molecule has 5 nitrogen and oxygen atoms in total. The van der Waals surface area contributed by atoms with Gasteiger partial charge in [-0.05, 0) is 0 Å². The van der Waals surface area contributed by atoms with Crippen molar-refractivity contribution >= 4 is 24.1 Å². The number of hydrogen-bond donors (Lipinski definition) is 0. The summed E-state index contributed by atoms with van der Waals surface area (Å²) in [7, 11) is 2.76. The van der Waals surface area contributed by atoms with Gasteiger partial charge in [-0.1, -0.05) is 0 Å². The van der Waals surface area contributed by atoms with E-state index in [-0.39, 0.29) is 17.8 Å². The molecule has 1 aromatic rings. The van der Waals surface area contributed by atoms with Gasteiger partial charge in [-0.25, -0.2) is 0 Å². The maximum absolute atomic E-state index is 13.4. The summed E-state index contributed by atoms with van der Waals surface area (Å²) in [4.78, 5) is 26.2. The molecule has 0 bridgehead atoms. The molecule has 1 aliphatic heterocycles. The molecule has 0 aromatic heterocycles. The number of benzene rings is 1. The Labute approximate surface area is 201 Å². The topological polar surface area (TPSA) is 61.8 Å². The van der Waals surface area contributed by atoms with E-state index < -0.39 is 24.6 Å². The van der Waals surface area contributed by atoms with Crippen LogP contribution in [-0.2, 0) is 23.6 Å². The van der Waals surface area contributed by atoms with Crippen LogP contribution in [0.4, 0.5) is 0 Å². The van der Waals surface area contributed by atoms with Gasteiger partial charge in [0, 0.05) is 0 Å². The van der Waals surface area contributed by atoms with Gasteiger partial charge in [-0.15, -0.1) is 0 Å². The van der Waals surface area contributed by atoms with Gasteiger partial charge in [0.05, 0.1) is 0 Å². The zero-order chi connectivity index (χ0) is 25.2.